The van der Waals surface area contributed by atoms with E-state index in [1.807, 2.05) is 12.4 Å². The van der Waals surface area contributed by atoms with Crippen LogP contribution in [0.15, 0.2) is 16.8 Å². The summed E-state index contributed by atoms with van der Waals surface area (Å²) in [6.45, 7) is 5.01. The number of hydrogen-bond donors (Lipinski definition) is 1. The Hall–Kier alpha value is -1.12. The summed E-state index contributed by atoms with van der Waals surface area (Å²) in [7, 11) is 0. The molecule has 0 fully saturated rings. The lowest BCUT2D eigenvalue weighted by atomic mass is 9.85. The molecule has 1 N–H and O–H groups in total. The van der Waals surface area contributed by atoms with Gasteiger partial charge in [0, 0.05) is 19.0 Å². The fraction of sp³-hybridized carbons (Fsp3) is 0.600. The number of hydrogen-bond acceptors (Lipinski definition) is 2. The van der Waals surface area contributed by atoms with Crippen LogP contribution in [0.1, 0.15) is 20.3 Å². The Labute approximate surface area is 78.9 Å². The van der Waals surface area contributed by atoms with Crippen molar-refractivity contribution >= 4 is 12.6 Å². The zero-order valence-corrected chi connectivity index (χ0v) is 8.16. The third kappa shape index (κ3) is 2.68. The average molecular weight is 180 g/mol. The van der Waals surface area contributed by atoms with E-state index in [0.717, 1.165) is 12.8 Å². The second kappa shape index (κ2) is 4.80. The van der Waals surface area contributed by atoms with E-state index in [1.54, 1.807) is 0 Å². The summed E-state index contributed by atoms with van der Waals surface area (Å²) in [5.74, 6) is 1.14. The van der Waals surface area contributed by atoms with Crippen LogP contribution in [0.4, 0.5) is 0 Å². The molecule has 0 aromatic rings. The minimum Gasteiger partial charge on any atom is -0.355 e. The zero-order chi connectivity index (χ0) is 9.68. The Kier molecular flexibility index (Phi) is 3.68. The number of amides is 1. The van der Waals surface area contributed by atoms with Gasteiger partial charge in [-0.3, -0.25) is 9.79 Å². The summed E-state index contributed by atoms with van der Waals surface area (Å²) in [6, 6.07) is 0. The number of nitrogens with one attached hydrogen (secondary N) is 1. The van der Waals surface area contributed by atoms with Gasteiger partial charge in [0.25, 0.3) is 0 Å². The van der Waals surface area contributed by atoms with Crippen molar-refractivity contribution in [2.24, 2.45) is 16.8 Å². The molecular weight excluding hydrogens is 164 g/mol. The molecule has 1 atom stereocenters. The summed E-state index contributed by atoms with van der Waals surface area (Å²) < 4.78 is 0. The van der Waals surface area contributed by atoms with Crippen molar-refractivity contribution in [1.82, 2.24) is 5.32 Å². The van der Waals surface area contributed by atoms with Crippen LogP contribution in [-0.4, -0.2) is 19.2 Å². The molecule has 0 saturated carbocycles. The van der Waals surface area contributed by atoms with Gasteiger partial charge in [0.2, 0.25) is 6.41 Å². The van der Waals surface area contributed by atoms with Crippen LogP contribution in [0.25, 0.3) is 0 Å². The molecule has 0 spiro atoms. The minimum absolute atomic E-state index is 0.532. The molecule has 0 aromatic heterocycles. The van der Waals surface area contributed by atoms with E-state index in [9.17, 15) is 4.79 Å². The van der Waals surface area contributed by atoms with Crippen LogP contribution in [0.3, 0.4) is 0 Å². The third-order valence-electron chi connectivity index (χ3n) is 2.38. The summed E-state index contributed by atoms with van der Waals surface area (Å²) >= 11 is 0. The van der Waals surface area contributed by atoms with Crippen molar-refractivity contribution in [2.45, 2.75) is 20.3 Å². The predicted octanol–water partition coefficient (Wildman–Crippen LogP) is 1.36. The van der Waals surface area contributed by atoms with Crippen LogP contribution >= 0.6 is 0 Å². The van der Waals surface area contributed by atoms with Gasteiger partial charge in [0.15, 0.2) is 0 Å². The molecule has 1 heterocycles. The van der Waals surface area contributed by atoms with E-state index in [0.29, 0.717) is 18.4 Å². The number of carbonyl (C=O) groups is 1. The predicted molar refractivity (Wildman–Crippen MR) is 53.6 cm³/mol. The van der Waals surface area contributed by atoms with Crippen molar-refractivity contribution in [3.8, 4) is 0 Å². The molecule has 1 aliphatic rings. The van der Waals surface area contributed by atoms with E-state index in [1.165, 1.54) is 5.57 Å². The fourth-order valence-electron chi connectivity index (χ4n) is 1.61. The first-order valence-electron chi connectivity index (χ1n) is 4.63. The van der Waals surface area contributed by atoms with Crippen molar-refractivity contribution in [3.63, 3.8) is 0 Å². The Morgan fingerprint density at radius 3 is 3.15 bits per heavy atom. The van der Waals surface area contributed by atoms with Gasteiger partial charge in [-0.15, -0.1) is 0 Å². The molecule has 0 saturated heterocycles. The highest BCUT2D eigenvalue weighted by atomic mass is 16.1. The molecule has 1 aliphatic heterocycles. The Morgan fingerprint density at radius 1 is 1.77 bits per heavy atom. The first kappa shape index (κ1) is 9.96. The largest absolute Gasteiger partial charge is 0.355 e. The molecular formula is C10H16N2O. The van der Waals surface area contributed by atoms with E-state index >= 15 is 0 Å². The highest BCUT2D eigenvalue weighted by Gasteiger charge is 2.18. The van der Waals surface area contributed by atoms with Gasteiger partial charge >= 0.3 is 0 Å². The molecule has 72 valence electrons. The number of rotatable bonds is 4. The summed E-state index contributed by atoms with van der Waals surface area (Å²) in [5, 5.41) is 2.68. The maximum atomic E-state index is 10.1. The summed E-state index contributed by atoms with van der Waals surface area (Å²) in [4.78, 5) is 14.2. The summed E-state index contributed by atoms with van der Waals surface area (Å²) in [5.41, 5.74) is 1.23. The zero-order valence-electron chi connectivity index (χ0n) is 8.16. The highest BCUT2D eigenvalue weighted by Crippen LogP contribution is 2.25. The Morgan fingerprint density at radius 2 is 2.54 bits per heavy atom. The van der Waals surface area contributed by atoms with Gasteiger partial charge in [0.05, 0.1) is 0 Å². The Balaban J connectivity index is 2.59. The molecule has 0 radical (unpaired) electrons. The van der Waals surface area contributed by atoms with Gasteiger partial charge in [0.1, 0.15) is 0 Å². The van der Waals surface area contributed by atoms with Crippen LogP contribution in [0.5, 0.6) is 0 Å². The number of aliphatic imine (C=N–C) groups is 1. The lowest BCUT2D eigenvalue weighted by molar-refractivity contribution is -0.109. The van der Waals surface area contributed by atoms with Gasteiger partial charge in [-0.05, 0) is 23.8 Å². The quantitative estimate of drug-likeness (QED) is 0.652. The van der Waals surface area contributed by atoms with Gasteiger partial charge in [-0.25, -0.2) is 0 Å². The highest BCUT2D eigenvalue weighted by molar-refractivity contribution is 5.61. The van der Waals surface area contributed by atoms with E-state index in [4.69, 9.17) is 0 Å². The number of nitrogens with zero attached hydrogens (tertiary/aromatic N) is 1. The fourth-order valence-corrected chi connectivity index (χ4v) is 1.61. The van der Waals surface area contributed by atoms with Crippen LogP contribution in [0, 0.1) is 11.8 Å². The normalized spacial score (nSPS) is 21.5. The van der Waals surface area contributed by atoms with Gasteiger partial charge in [-0.2, -0.15) is 0 Å². The van der Waals surface area contributed by atoms with Crippen LogP contribution in [0.2, 0.25) is 0 Å². The van der Waals surface area contributed by atoms with E-state index in [2.05, 4.69) is 24.2 Å². The first-order chi connectivity index (χ1) is 6.25. The molecule has 0 aliphatic carbocycles. The smallest absolute Gasteiger partial charge is 0.207 e. The van der Waals surface area contributed by atoms with Gasteiger partial charge in [-0.1, -0.05) is 13.8 Å². The molecule has 3 heteroatoms. The average Bonchev–Trinajstić information content (AvgIpc) is 2.15. The van der Waals surface area contributed by atoms with Crippen molar-refractivity contribution in [3.05, 3.63) is 11.8 Å². The second-order valence-corrected chi connectivity index (χ2v) is 3.62. The molecule has 1 rings (SSSR count). The molecule has 3 nitrogen and oxygen atoms in total. The molecule has 1 amide bonds. The first-order valence-corrected chi connectivity index (χ1v) is 4.63. The van der Waals surface area contributed by atoms with E-state index in [-0.39, 0.29) is 0 Å². The van der Waals surface area contributed by atoms with Crippen LogP contribution < -0.4 is 5.32 Å². The van der Waals surface area contributed by atoms with Crippen LogP contribution in [-0.2, 0) is 4.79 Å². The number of carbonyl (C=O) groups excluding carboxylic acids is 1. The second-order valence-electron chi connectivity index (χ2n) is 3.62. The van der Waals surface area contributed by atoms with E-state index < -0.39 is 0 Å². The van der Waals surface area contributed by atoms with Crippen molar-refractivity contribution < 1.29 is 4.79 Å². The maximum absolute atomic E-state index is 10.1. The van der Waals surface area contributed by atoms with Gasteiger partial charge < -0.3 is 5.32 Å². The lowest BCUT2D eigenvalue weighted by Gasteiger charge is -2.24. The molecule has 13 heavy (non-hydrogen) atoms. The van der Waals surface area contributed by atoms with Crippen molar-refractivity contribution in [1.29, 1.82) is 0 Å². The molecule has 0 aromatic carbocycles. The standard InChI is InChI=1S/C10H16N2O/c1-8(2)10-3-4-11-5-9(10)6-12-7-13/h4-5,7-8,10H,3,6H2,1-2H3,(H,12,13). The van der Waals surface area contributed by atoms with Crippen molar-refractivity contribution in [2.75, 3.05) is 6.54 Å². The topological polar surface area (TPSA) is 41.5 Å². The lowest BCUT2D eigenvalue weighted by Crippen LogP contribution is -2.24. The minimum atomic E-state index is 0.532. The summed E-state index contributed by atoms with van der Waals surface area (Å²) in [6.07, 6.45) is 5.53. The molecule has 0 bridgehead atoms. The Bertz CT molecular complexity index is 231. The third-order valence-corrected chi connectivity index (χ3v) is 2.38. The maximum Gasteiger partial charge on any atom is 0.207 e. The molecule has 1 unspecified atom stereocenters. The monoisotopic (exact) mass is 180 g/mol. The SMILES string of the molecule is CC(C)C1CC=NC=C1CNC=O.